The molecule has 0 heterocycles. The van der Waals surface area contributed by atoms with Crippen molar-refractivity contribution < 1.29 is 28.2 Å². The number of carboxylic acid groups (broad SMARTS) is 1. The summed E-state index contributed by atoms with van der Waals surface area (Å²) in [5.41, 5.74) is 0. The summed E-state index contributed by atoms with van der Waals surface area (Å²) in [5.74, 6) is -1.82. The van der Waals surface area contributed by atoms with Crippen molar-refractivity contribution in [2.24, 2.45) is 5.92 Å². The highest BCUT2D eigenvalue weighted by Crippen LogP contribution is 2.05. The minimum absolute atomic E-state index is 0.0798. The Morgan fingerprint density at radius 1 is 1.41 bits per heavy atom. The van der Waals surface area contributed by atoms with Crippen LogP contribution in [0.25, 0.3) is 0 Å². The van der Waals surface area contributed by atoms with Crippen LogP contribution in [0.1, 0.15) is 6.92 Å². The number of hydrogen-bond acceptors (Lipinski definition) is 5. The maximum atomic E-state index is 11.4. The molecule has 7 nitrogen and oxygen atoms in total. The van der Waals surface area contributed by atoms with Gasteiger partial charge in [-0.05, 0) is 0 Å². The van der Waals surface area contributed by atoms with Crippen LogP contribution in [0.15, 0.2) is 0 Å². The van der Waals surface area contributed by atoms with Crippen molar-refractivity contribution in [3.63, 3.8) is 0 Å². The Bertz CT molecular complexity index is 328. The van der Waals surface area contributed by atoms with Gasteiger partial charge in [0.15, 0.2) is 0 Å². The number of nitrogens with zero attached hydrogens (tertiary/aromatic N) is 1. The zero-order valence-corrected chi connectivity index (χ0v) is 10.8. The highest BCUT2D eigenvalue weighted by Gasteiger charge is 2.22. The van der Waals surface area contributed by atoms with Gasteiger partial charge in [0.25, 0.3) is 0 Å². The van der Waals surface area contributed by atoms with Crippen LogP contribution in [0.4, 0.5) is 0 Å². The topological polar surface area (TPSA) is 104 Å². The Hall–Kier alpha value is -0.700. The fourth-order valence-electron chi connectivity index (χ4n) is 1.11. The lowest BCUT2D eigenvalue weighted by molar-refractivity contribution is -0.141. The molecule has 0 aromatic carbocycles. The molecule has 0 aliphatic rings. The van der Waals surface area contributed by atoms with Crippen LogP contribution in [-0.4, -0.2) is 68.1 Å². The van der Waals surface area contributed by atoms with Crippen LogP contribution in [0.3, 0.4) is 0 Å². The van der Waals surface area contributed by atoms with E-state index in [0.29, 0.717) is 0 Å². The lowest BCUT2D eigenvalue weighted by atomic mass is 10.2. The van der Waals surface area contributed by atoms with E-state index in [1.54, 1.807) is 0 Å². The zero-order valence-electron chi connectivity index (χ0n) is 10.00. The van der Waals surface area contributed by atoms with Crippen molar-refractivity contribution in [3.8, 4) is 0 Å². The number of aliphatic hydroxyl groups excluding tert-OH is 1. The molecular weight excluding hydrogens is 250 g/mol. The van der Waals surface area contributed by atoms with E-state index in [1.165, 1.54) is 6.92 Å². The minimum Gasteiger partial charge on any atom is -0.481 e. The lowest BCUT2D eigenvalue weighted by Gasteiger charge is -2.21. The third-order valence-corrected chi connectivity index (χ3v) is 3.36. The monoisotopic (exact) mass is 269 g/mol. The first kappa shape index (κ1) is 16.3. The van der Waals surface area contributed by atoms with E-state index >= 15 is 0 Å². The molecule has 0 radical (unpaired) electrons. The highest BCUT2D eigenvalue weighted by atomic mass is 32.2. The molecule has 0 bridgehead atoms. The number of rotatable bonds is 9. The second-order valence-corrected chi connectivity index (χ2v) is 5.68. The summed E-state index contributed by atoms with van der Waals surface area (Å²) >= 11 is 0. The van der Waals surface area contributed by atoms with Crippen LogP contribution >= 0.6 is 0 Å². The van der Waals surface area contributed by atoms with E-state index in [4.69, 9.17) is 14.9 Å². The fraction of sp³-hybridized carbons (Fsp3) is 0.889. The largest absolute Gasteiger partial charge is 0.481 e. The fourth-order valence-corrected chi connectivity index (χ4v) is 2.01. The molecule has 0 aliphatic carbocycles. The van der Waals surface area contributed by atoms with Crippen LogP contribution in [0.5, 0.6) is 0 Å². The van der Waals surface area contributed by atoms with Gasteiger partial charge in [0, 0.05) is 13.1 Å². The normalized spacial score (nSPS) is 13.9. The Kier molecular flexibility index (Phi) is 7.28. The maximum absolute atomic E-state index is 11.4. The van der Waals surface area contributed by atoms with E-state index in [2.05, 4.69) is 0 Å². The molecule has 0 saturated heterocycles. The van der Waals surface area contributed by atoms with Gasteiger partial charge in [-0.3, -0.25) is 4.79 Å². The molecule has 102 valence electrons. The number of carboxylic acids is 1. The van der Waals surface area contributed by atoms with Crippen LogP contribution < -0.4 is 0 Å². The first-order chi connectivity index (χ1) is 7.79. The van der Waals surface area contributed by atoms with Gasteiger partial charge in [0.1, 0.15) is 0 Å². The third kappa shape index (κ3) is 7.27. The van der Waals surface area contributed by atoms with Gasteiger partial charge < -0.3 is 14.9 Å². The summed E-state index contributed by atoms with van der Waals surface area (Å²) in [5, 5.41) is 17.2. The molecular formula is C9H19NO6S. The van der Waals surface area contributed by atoms with Crippen LogP contribution in [0, 0.1) is 5.92 Å². The lowest BCUT2D eigenvalue weighted by Crippen LogP contribution is -2.38. The molecule has 1 atom stereocenters. The molecule has 0 fully saturated rings. The second kappa shape index (κ2) is 7.59. The van der Waals surface area contributed by atoms with E-state index in [9.17, 15) is 13.2 Å². The molecule has 0 rings (SSSR count). The minimum atomic E-state index is -3.45. The van der Waals surface area contributed by atoms with Crippen LogP contribution in [0.2, 0.25) is 0 Å². The molecule has 0 aliphatic heterocycles. The average Bonchev–Trinajstić information content (AvgIpc) is 2.20. The number of carbonyl (C=O) groups is 1. The maximum Gasteiger partial charge on any atom is 0.307 e. The van der Waals surface area contributed by atoms with Gasteiger partial charge >= 0.3 is 5.97 Å². The van der Waals surface area contributed by atoms with E-state index in [1.807, 2.05) is 0 Å². The molecule has 0 aromatic heterocycles. The van der Waals surface area contributed by atoms with Crippen molar-refractivity contribution >= 4 is 16.0 Å². The summed E-state index contributed by atoms with van der Waals surface area (Å²) < 4.78 is 28.8. The average molecular weight is 269 g/mol. The molecule has 0 amide bonds. The van der Waals surface area contributed by atoms with Crippen LogP contribution in [-0.2, 0) is 19.6 Å². The Morgan fingerprint density at radius 3 is 2.41 bits per heavy atom. The van der Waals surface area contributed by atoms with Crippen molar-refractivity contribution in [2.75, 3.05) is 39.2 Å². The van der Waals surface area contributed by atoms with Gasteiger partial charge in [0.05, 0.1) is 32.0 Å². The zero-order chi connectivity index (χ0) is 13.5. The van der Waals surface area contributed by atoms with E-state index < -0.39 is 21.9 Å². The molecule has 1 unspecified atom stereocenters. The molecule has 0 aromatic rings. The van der Waals surface area contributed by atoms with E-state index in [-0.39, 0.29) is 32.9 Å². The molecule has 0 saturated carbocycles. The highest BCUT2D eigenvalue weighted by molar-refractivity contribution is 7.88. The van der Waals surface area contributed by atoms with Crippen molar-refractivity contribution in [1.29, 1.82) is 0 Å². The van der Waals surface area contributed by atoms with Crippen molar-refractivity contribution in [1.82, 2.24) is 4.31 Å². The summed E-state index contributed by atoms with van der Waals surface area (Å²) in [7, 11) is -3.45. The quantitative estimate of drug-likeness (QED) is 0.519. The molecule has 8 heteroatoms. The first-order valence-corrected chi connectivity index (χ1v) is 7.00. The smallest absolute Gasteiger partial charge is 0.307 e. The van der Waals surface area contributed by atoms with Gasteiger partial charge in [-0.2, -0.15) is 4.31 Å². The Morgan fingerprint density at radius 2 is 2.00 bits per heavy atom. The number of ether oxygens (including phenoxy) is 1. The predicted molar refractivity (Wildman–Crippen MR) is 61.1 cm³/mol. The Labute approximate surface area is 101 Å². The van der Waals surface area contributed by atoms with Gasteiger partial charge in [-0.1, -0.05) is 6.92 Å². The summed E-state index contributed by atoms with van der Waals surface area (Å²) in [6.45, 7) is 1.55. The number of sulfonamides is 1. The van der Waals surface area contributed by atoms with Crippen molar-refractivity contribution in [3.05, 3.63) is 0 Å². The molecule has 2 N–H and O–H groups in total. The summed E-state index contributed by atoms with van der Waals surface area (Å²) in [6, 6.07) is 0. The standard InChI is InChI=1S/C9H19NO6S/c1-8(9(12)13)7-10(17(2,14)15)3-5-16-6-4-11/h8,11H,3-7H2,1-2H3,(H,12,13). The van der Waals surface area contributed by atoms with Gasteiger partial charge in [-0.15, -0.1) is 0 Å². The molecule has 0 spiro atoms. The summed E-state index contributed by atoms with van der Waals surface area (Å²) in [6.07, 6.45) is 1.02. The van der Waals surface area contributed by atoms with Gasteiger partial charge in [0.2, 0.25) is 10.0 Å². The summed E-state index contributed by atoms with van der Waals surface area (Å²) in [4.78, 5) is 10.7. The Balaban J connectivity index is 4.31. The second-order valence-electron chi connectivity index (χ2n) is 3.70. The predicted octanol–water partition coefficient (Wildman–Crippen LogP) is -1.02. The van der Waals surface area contributed by atoms with Gasteiger partial charge in [-0.25, -0.2) is 8.42 Å². The first-order valence-electron chi connectivity index (χ1n) is 5.15. The number of aliphatic carboxylic acids is 1. The molecule has 17 heavy (non-hydrogen) atoms. The third-order valence-electron chi connectivity index (χ3n) is 2.09. The number of aliphatic hydroxyl groups is 1. The SMILES string of the molecule is CC(CN(CCOCCO)S(C)(=O)=O)C(=O)O. The van der Waals surface area contributed by atoms with Crippen molar-refractivity contribution in [2.45, 2.75) is 6.92 Å². The number of hydrogen-bond donors (Lipinski definition) is 2. The van der Waals surface area contributed by atoms with E-state index in [0.717, 1.165) is 10.6 Å².